The molecule has 0 radical (unpaired) electrons. The van der Waals surface area contributed by atoms with Crippen LogP contribution in [0.15, 0.2) is 70.3 Å². The molecule has 35 heavy (non-hydrogen) atoms. The van der Waals surface area contributed by atoms with Crippen molar-refractivity contribution in [2.24, 2.45) is 0 Å². The number of carbonyl (C=O) groups excluding carboxylic acids is 2. The minimum atomic E-state index is -0.379. The molecule has 180 valence electrons. The van der Waals surface area contributed by atoms with Gasteiger partial charge >= 0.3 is 0 Å². The number of carbonyl (C=O) groups is 2. The molecule has 0 spiro atoms. The molecule has 2 amide bonds. The molecule has 0 unspecified atom stereocenters. The van der Waals surface area contributed by atoms with Gasteiger partial charge in [0.2, 0.25) is 0 Å². The highest BCUT2D eigenvalue weighted by molar-refractivity contribution is 9.10. The second-order valence-corrected chi connectivity index (χ2v) is 9.55. The van der Waals surface area contributed by atoms with Crippen molar-refractivity contribution in [1.82, 2.24) is 9.88 Å². The maximum atomic E-state index is 12.9. The van der Waals surface area contributed by atoms with Gasteiger partial charge < -0.3 is 14.2 Å². The zero-order valence-corrected chi connectivity index (χ0v) is 21.7. The minimum Gasteiger partial charge on any atom is -0.493 e. The summed E-state index contributed by atoms with van der Waals surface area (Å²) in [5.41, 5.74) is 1.65. The molecule has 0 N–H and O–H groups in total. The van der Waals surface area contributed by atoms with Crippen LogP contribution in [-0.4, -0.2) is 41.3 Å². The van der Waals surface area contributed by atoms with E-state index in [9.17, 15) is 9.59 Å². The molecule has 1 saturated heterocycles. The summed E-state index contributed by atoms with van der Waals surface area (Å²) in [5.74, 6) is 1.15. The van der Waals surface area contributed by atoms with Crippen LogP contribution >= 0.6 is 39.3 Å². The third kappa shape index (κ3) is 6.17. The average Bonchev–Trinajstić information content (AvgIpc) is 3.12. The van der Waals surface area contributed by atoms with Gasteiger partial charge in [0.1, 0.15) is 19.0 Å². The molecule has 1 fully saturated rings. The molecule has 2 aromatic carbocycles. The number of aromatic nitrogens is 1. The fraction of sp³-hybridized carbons (Fsp3) is 0.160. The molecular weight excluding hydrogens is 556 g/mol. The number of thioether (sulfide) groups is 1. The Kier molecular flexibility index (Phi) is 8.33. The van der Waals surface area contributed by atoms with Gasteiger partial charge in [0.05, 0.1) is 28.1 Å². The molecule has 10 heteroatoms. The standard InChI is InChI=1S/C25H20BrClN2O5S/c1-32-21-13-17(12-18(26)23(21)34-15-16-6-8-28-9-7-16)14-22-24(30)29(25(31)35-22)10-11-33-20-5-3-2-4-19(20)27/h2-9,12-14H,10-11,15H2,1H3/b22-14-. The van der Waals surface area contributed by atoms with Crippen LogP contribution < -0.4 is 14.2 Å². The third-order valence-electron chi connectivity index (χ3n) is 4.96. The van der Waals surface area contributed by atoms with Crippen LogP contribution in [0.25, 0.3) is 6.08 Å². The number of para-hydroxylation sites is 1. The van der Waals surface area contributed by atoms with Crippen LogP contribution in [0, 0.1) is 0 Å². The molecule has 1 aliphatic rings. The predicted molar refractivity (Wildman–Crippen MR) is 139 cm³/mol. The Bertz CT molecular complexity index is 1270. The Morgan fingerprint density at radius 2 is 1.86 bits per heavy atom. The maximum absolute atomic E-state index is 12.9. The summed E-state index contributed by atoms with van der Waals surface area (Å²) >= 11 is 10.5. The molecule has 0 aliphatic carbocycles. The van der Waals surface area contributed by atoms with Crippen LogP contribution in [0.4, 0.5) is 4.79 Å². The molecule has 0 saturated carbocycles. The topological polar surface area (TPSA) is 78.0 Å². The van der Waals surface area contributed by atoms with E-state index >= 15 is 0 Å². The summed E-state index contributed by atoms with van der Waals surface area (Å²) in [6, 6.07) is 14.3. The molecule has 0 bridgehead atoms. The molecule has 3 aromatic rings. The van der Waals surface area contributed by atoms with Gasteiger partial charge in [-0.25, -0.2) is 0 Å². The van der Waals surface area contributed by atoms with Gasteiger partial charge in [0, 0.05) is 12.4 Å². The Labute approximate surface area is 220 Å². The van der Waals surface area contributed by atoms with Gasteiger partial charge in [-0.1, -0.05) is 23.7 Å². The number of nitrogens with zero attached hydrogens (tertiary/aromatic N) is 2. The Hall–Kier alpha value is -3.01. The van der Waals surface area contributed by atoms with Crippen LogP contribution in [0.3, 0.4) is 0 Å². The van der Waals surface area contributed by atoms with Crippen molar-refractivity contribution in [2.75, 3.05) is 20.3 Å². The Morgan fingerprint density at radius 3 is 2.60 bits per heavy atom. The zero-order valence-electron chi connectivity index (χ0n) is 18.6. The van der Waals surface area contributed by atoms with E-state index in [0.29, 0.717) is 43.8 Å². The summed E-state index contributed by atoms with van der Waals surface area (Å²) in [7, 11) is 1.54. The van der Waals surface area contributed by atoms with E-state index in [0.717, 1.165) is 22.2 Å². The van der Waals surface area contributed by atoms with Crippen molar-refractivity contribution >= 4 is 56.5 Å². The highest BCUT2D eigenvalue weighted by Crippen LogP contribution is 2.39. The second kappa shape index (κ2) is 11.6. The van der Waals surface area contributed by atoms with Crippen molar-refractivity contribution in [3.05, 3.63) is 86.5 Å². The third-order valence-corrected chi connectivity index (χ3v) is 6.77. The van der Waals surface area contributed by atoms with Crippen LogP contribution in [0.1, 0.15) is 11.1 Å². The maximum Gasteiger partial charge on any atom is 0.293 e. The van der Waals surface area contributed by atoms with Gasteiger partial charge in [0.15, 0.2) is 11.5 Å². The van der Waals surface area contributed by atoms with Crippen molar-refractivity contribution in [3.63, 3.8) is 0 Å². The summed E-state index contributed by atoms with van der Waals surface area (Å²) in [6.45, 7) is 0.589. The van der Waals surface area contributed by atoms with Crippen molar-refractivity contribution in [2.45, 2.75) is 6.61 Å². The quantitative estimate of drug-likeness (QED) is 0.281. The number of imide groups is 1. The number of hydrogen-bond donors (Lipinski definition) is 0. The molecular formula is C25H20BrClN2O5S. The number of benzene rings is 2. The van der Waals surface area contributed by atoms with Crippen molar-refractivity contribution in [1.29, 1.82) is 0 Å². The highest BCUT2D eigenvalue weighted by atomic mass is 79.9. The van der Waals surface area contributed by atoms with Gasteiger partial charge in [-0.3, -0.25) is 19.5 Å². The summed E-state index contributed by atoms with van der Waals surface area (Å²) in [4.78, 5) is 30.8. The predicted octanol–water partition coefficient (Wildman–Crippen LogP) is 6.20. The van der Waals surface area contributed by atoms with E-state index in [4.69, 9.17) is 25.8 Å². The normalized spacial score (nSPS) is 14.5. The lowest BCUT2D eigenvalue weighted by Gasteiger charge is -2.14. The van der Waals surface area contributed by atoms with Crippen LogP contribution in [0.2, 0.25) is 5.02 Å². The second-order valence-electron chi connectivity index (χ2n) is 7.29. The highest BCUT2D eigenvalue weighted by Gasteiger charge is 2.35. The number of methoxy groups -OCH3 is 1. The SMILES string of the molecule is COc1cc(/C=C2\SC(=O)N(CCOc3ccccc3Cl)C2=O)cc(Br)c1OCc1ccncc1. The molecule has 1 aromatic heterocycles. The first kappa shape index (κ1) is 25.1. The smallest absolute Gasteiger partial charge is 0.293 e. The molecule has 0 atom stereocenters. The van der Waals surface area contributed by atoms with E-state index < -0.39 is 0 Å². The van der Waals surface area contributed by atoms with Gasteiger partial charge in [-0.05, 0) is 81.3 Å². The van der Waals surface area contributed by atoms with Gasteiger partial charge in [0.25, 0.3) is 11.1 Å². The number of halogens is 2. The van der Waals surface area contributed by atoms with Gasteiger partial charge in [-0.15, -0.1) is 0 Å². The molecule has 4 rings (SSSR count). The van der Waals surface area contributed by atoms with E-state index in [2.05, 4.69) is 20.9 Å². The number of amides is 2. The van der Waals surface area contributed by atoms with E-state index in [1.54, 1.807) is 54.9 Å². The summed E-state index contributed by atoms with van der Waals surface area (Å²) < 4.78 is 17.7. The number of rotatable bonds is 9. The Balaban J connectivity index is 1.44. The van der Waals surface area contributed by atoms with E-state index in [1.807, 2.05) is 12.1 Å². The monoisotopic (exact) mass is 574 g/mol. The largest absolute Gasteiger partial charge is 0.493 e. The summed E-state index contributed by atoms with van der Waals surface area (Å²) in [5, 5.41) is 0.113. The molecule has 7 nitrogen and oxygen atoms in total. The fourth-order valence-electron chi connectivity index (χ4n) is 3.25. The lowest BCUT2D eigenvalue weighted by Crippen LogP contribution is -2.32. The van der Waals surface area contributed by atoms with Crippen molar-refractivity contribution in [3.8, 4) is 17.2 Å². The van der Waals surface area contributed by atoms with Gasteiger partial charge in [-0.2, -0.15) is 0 Å². The summed E-state index contributed by atoms with van der Waals surface area (Å²) in [6.07, 6.45) is 5.05. The minimum absolute atomic E-state index is 0.113. The molecule has 1 aliphatic heterocycles. The zero-order chi connectivity index (χ0) is 24.8. The first-order chi connectivity index (χ1) is 17.0. The first-order valence-electron chi connectivity index (χ1n) is 10.5. The first-order valence-corrected chi connectivity index (χ1v) is 12.5. The Morgan fingerprint density at radius 1 is 1.09 bits per heavy atom. The van der Waals surface area contributed by atoms with E-state index in [1.165, 1.54) is 7.11 Å². The lowest BCUT2D eigenvalue weighted by molar-refractivity contribution is -0.123. The average molecular weight is 576 g/mol. The fourth-order valence-corrected chi connectivity index (χ4v) is 4.88. The van der Waals surface area contributed by atoms with Crippen LogP contribution in [-0.2, 0) is 11.4 Å². The van der Waals surface area contributed by atoms with Crippen molar-refractivity contribution < 1.29 is 23.8 Å². The molecule has 2 heterocycles. The number of pyridine rings is 1. The number of hydrogen-bond acceptors (Lipinski definition) is 7. The van der Waals surface area contributed by atoms with E-state index in [-0.39, 0.29) is 24.3 Å². The lowest BCUT2D eigenvalue weighted by atomic mass is 10.1. The number of ether oxygens (including phenoxy) is 3. The van der Waals surface area contributed by atoms with Crippen LogP contribution in [0.5, 0.6) is 17.2 Å².